The van der Waals surface area contributed by atoms with E-state index in [1.807, 2.05) is 37.5 Å². The van der Waals surface area contributed by atoms with Crippen molar-refractivity contribution < 1.29 is 18.7 Å². The Kier molecular flexibility index (Phi) is 4.95. The molecule has 1 spiro atoms. The summed E-state index contributed by atoms with van der Waals surface area (Å²) in [5.41, 5.74) is -0.265. The van der Waals surface area contributed by atoms with Crippen molar-refractivity contribution in [1.29, 1.82) is 0 Å². The molecule has 142 valence electrons. The van der Waals surface area contributed by atoms with E-state index in [0.717, 1.165) is 0 Å². The summed E-state index contributed by atoms with van der Waals surface area (Å²) in [6.07, 6.45) is 1.44. The molecule has 0 aromatic heterocycles. The third-order valence-corrected chi connectivity index (χ3v) is 5.33. The van der Waals surface area contributed by atoms with Crippen LogP contribution in [-0.4, -0.2) is 52.4 Å². The number of amides is 2. The van der Waals surface area contributed by atoms with Crippen LogP contribution in [0, 0.1) is 5.82 Å². The van der Waals surface area contributed by atoms with Crippen LogP contribution in [-0.2, 0) is 0 Å². The maximum absolute atomic E-state index is 13.4. The molecule has 2 aliphatic rings. The molecule has 2 aliphatic heterocycles. The maximum atomic E-state index is 13.4. The number of likely N-dealkylation sites (tertiary alicyclic amines) is 1. The second-order valence-corrected chi connectivity index (χ2v) is 7.89. The fourth-order valence-corrected chi connectivity index (χ4v) is 4.05. The number of rotatable bonds is 2. The lowest BCUT2D eigenvalue weighted by atomic mass is 9.82. The summed E-state index contributed by atoms with van der Waals surface area (Å²) in [5, 5.41) is 0. The number of fused-ring (bicyclic) bond motifs is 1. The van der Waals surface area contributed by atoms with Crippen LogP contribution in [0.5, 0.6) is 5.75 Å². The highest BCUT2D eigenvalue weighted by atomic mass is 19.1. The zero-order valence-electron chi connectivity index (χ0n) is 15.9. The Morgan fingerprint density at radius 2 is 1.81 bits per heavy atom. The lowest BCUT2D eigenvalue weighted by molar-refractivity contribution is -0.00555. The van der Waals surface area contributed by atoms with E-state index >= 15 is 0 Å². The van der Waals surface area contributed by atoms with Crippen molar-refractivity contribution >= 4 is 11.8 Å². The van der Waals surface area contributed by atoms with E-state index in [9.17, 15) is 14.0 Å². The number of urea groups is 1. The van der Waals surface area contributed by atoms with E-state index in [1.165, 1.54) is 18.2 Å². The predicted octanol–water partition coefficient (Wildman–Crippen LogP) is 3.86. The molecule has 1 aromatic rings. The van der Waals surface area contributed by atoms with Gasteiger partial charge in [0.15, 0.2) is 5.78 Å². The summed E-state index contributed by atoms with van der Waals surface area (Å²) in [6, 6.07) is 4.38. The van der Waals surface area contributed by atoms with E-state index in [2.05, 4.69) is 0 Å². The van der Waals surface area contributed by atoms with Crippen molar-refractivity contribution in [2.45, 2.75) is 64.6 Å². The zero-order chi connectivity index (χ0) is 19.1. The van der Waals surface area contributed by atoms with Crippen molar-refractivity contribution in [3.8, 4) is 5.75 Å². The number of hydrogen-bond acceptors (Lipinski definition) is 3. The van der Waals surface area contributed by atoms with Crippen molar-refractivity contribution in [3.05, 3.63) is 29.6 Å². The van der Waals surface area contributed by atoms with E-state index in [-0.39, 0.29) is 30.3 Å². The predicted molar refractivity (Wildman–Crippen MR) is 97.0 cm³/mol. The van der Waals surface area contributed by atoms with Crippen molar-refractivity contribution in [1.82, 2.24) is 9.80 Å². The molecule has 2 heterocycles. The molecule has 1 aromatic carbocycles. The van der Waals surface area contributed by atoms with Crippen molar-refractivity contribution in [2.75, 3.05) is 13.1 Å². The van der Waals surface area contributed by atoms with Gasteiger partial charge in [0.25, 0.3) is 0 Å². The summed E-state index contributed by atoms with van der Waals surface area (Å²) in [7, 11) is 0. The summed E-state index contributed by atoms with van der Waals surface area (Å²) < 4.78 is 19.5. The minimum absolute atomic E-state index is 0.0365. The number of carbonyl (C=O) groups is 2. The third-order valence-electron chi connectivity index (χ3n) is 5.33. The molecule has 0 bridgehead atoms. The molecule has 26 heavy (non-hydrogen) atoms. The van der Waals surface area contributed by atoms with Crippen LogP contribution >= 0.6 is 0 Å². The fraction of sp³-hybridized carbons (Fsp3) is 0.600. The molecule has 6 heteroatoms. The monoisotopic (exact) mass is 362 g/mol. The number of halogens is 1. The first-order valence-electron chi connectivity index (χ1n) is 9.31. The molecule has 0 radical (unpaired) electrons. The highest BCUT2D eigenvalue weighted by Gasteiger charge is 2.44. The van der Waals surface area contributed by atoms with Gasteiger partial charge in [0, 0.05) is 38.0 Å². The van der Waals surface area contributed by atoms with Crippen molar-refractivity contribution in [3.63, 3.8) is 0 Å². The first-order valence-corrected chi connectivity index (χ1v) is 9.31. The number of hydrogen-bond donors (Lipinski definition) is 0. The molecule has 1 fully saturated rings. The first-order chi connectivity index (χ1) is 12.2. The molecule has 0 atom stereocenters. The number of benzene rings is 1. The van der Waals surface area contributed by atoms with E-state index < -0.39 is 11.4 Å². The van der Waals surface area contributed by atoms with Gasteiger partial charge in [0.2, 0.25) is 0 Å². The standard InChI is InChI=1S/C20H27FN2O3/c1-13(2)23(14(3)4)19(25)22-9-7-20(8-10-22)12-17(24)16-11-15(21)5-6-18(16)26-20/h5-6,11,13-14H,7-10,12H2,1-4H3. The average molecular weight is 362 g/mol. The van der Waals surface area contributed by atoms with Gasteiger partial charge in [0.1, 0.15) is 17.2 Å². The van der Waals surface area contributed by atoms with Crippen LogP contribution in [0.1, 0.15) is 57.3 Å². The summed E-state index contributed by atoms with van der Waals surface area (Å²) in [6.45, 7) is 9.17. The Morgan fingerprint density at radius 3 is 2.38 bits per heavy atom. The Hall–Kier alpha value is -2.11. The highest BCUT2D eigenvalue weighted by Crippen LogP contribution is 2.39. The van der Waals surface area contributed by atoms with Crippen molar-refractivity contribution in [2.24, 2.45) is 0 Å². The number of piperidine rings is 1. The SMILES string of the molecule is CC(C)N(C(=O)N1CCC2(CC1)CC(=O)c1cc(F)ccc1O2)C(C)C. The molecule has 2 amide bonds. The second kappa shape index (κ2) is 6.89. The molecule has 0 aliphatic carbocycles. The highest BCUT2D eigenvalue weighted by molar-refractivity contribution is 6.00. The normalized spacial score (nSPS) is 18.9. The van der Waals surface area contributed by atoms with Gasteiger partial charge in [-0.15, -0.1) is 0 Å². The number of carbonyl (C=O) groups excluding carboxylic acids is 2. The van der Waals surface area contributed by atoms with Gasteiger partial charge in [-0.3, -0.25) is 4.79 Å². The minimum atomic E-state index is -0.584. The molecular weight excluding hydrogens is 335 g/mol. The molecule has 0 unspecified atom stereocenters. The van der Waals surface area contributed by atoms with Gasteiger partial charge >= 0.3 is 6.03 Å². The first kappa shape index (κ1) is 18.7. The molecule has 0 N–H and O–H groups in total. The lowest BCUT2D eigenvalue weighted by Gasteiger charge is -2.45. The Bertz CT molecular complexity index is 701. The number of ether oxygens (including phenoxy) is 1. The van der Waals surface area contributed by atoms with E-state index in [1.54, 1.807) is 0 Å². The van der Waals surface area contributed by atoms with Crippen LogP contribution < -0.4 is 4.74 Å². The molecule has 3 rings (SSSR count). The largest absolute Gasteiger partial charge is 0.486 e. The third kappa shape index (κ3) is 3.41. The number of nitrogens with zero attached hydrogens (tertiary/aromatic N) is 2. The molecule has 0 saturated carbocycles. The second-order valence-electron chi connectivity index (χ2n) is 7.89. The van der Waals surface area contributed by atoms with Gasteiger partial charge in [0.05, 0.1) is 12.0 Å². The number of ketones is 1. The summed E-state index contributed by atoms with van der Waals surface area (Å²) in [5.74, 6) is -0.0653. The Labute approximate surface area is 154 Å². The van der Waals surface area contributed by atoms with Gasteiger partial charge in [-0.2, -0.15) is 0 Å². The summed E-state index contributed by atoms with van der Waals surface area (Å²) >= 11 is 0. The van der Waals surface area contributed by atoms with Crippen LogP contribution in [0.25, 0.3) is 0 Å². The minimum Gasteiger partial charge on any atom is -0.486 e. The fourth-order valence-electron chi connectivity index (χ4n) is 4.05. The Balaban J connectivity index is 1.71. The molecule has 1 saturated heterocycles. The number of Topliss-reactive ketones (excluding diaryl/α,β-unsaturated/α-hetero) is 1. The molecular formula is C20H27FN2O3. The van der Waals surface area contributed by atoms with Gasteiger partial charge in [-0.1, -0.05) is 0 Å². The van der Waals surface area contributed by atoms with E-state index in [4.69, 9.17) is 4.74 Å². The smallest absolute Gasteiger partial charge is 0.320 e. The quantitative estimate of drug-likeness (QED) is 0.803. The van der Waals surface area contributed by atoms with Gasteiger partial charge in [-0.25, -0.2) is 9.18 Å². The lowest BCUT2D eigenvalue weighted by Crippen LogP contribution is -2.56. The molecule has 5 nitrogen and oxygen atoms in total. The zero-order valence-corrected chi connectivity index (χ0v) is 15.9. The van der Waals surface area contributed by atoms with Gasteiger partial charge in [-0.05, 0) is 45.9 Å². The topological polar surface area (TPSA) is 49.9 Å². The Morgan fingerprint density at radius 1 is 1.19 bits per heavy atom. The van der Waals surface area contributed by atoms with Crippen LogP contribution in [0.15, 0.2) is 18.2 Å². The average Bonchev–Trinajstić information content (AvgIpc) is 2.55. The summed E-state index contributed by atoms with van der Waals surface area (Å²) in [4.78, 5) is 29.1. The van der Waals surface area contributed by atoms with E-state index in [0.29, 0.717) is 37.2 Å². The van der Waals surface area contributed by atoms with Gasteiger partial charge < -0.3 is 14.5 Å². The van der Waals surface area contributed by atoms with Crippen LogP contribution in [0.3, 0.4) is 0 Å². The maximum Gasteiger partial charge on any atom is 0.320 e. The van der Waals surface area contributed by atoms with Crippen LogP contribution in [0.4, 0.5) is 9.18 Å². The van der Waals surface area contributed by atoms with Crippen LogP contribution in [0.2, 0.25) is 0 Å².